The second kappa shape index (κ2) is 5.85. The number of carboxylic acid groups (broad SMARTS) is 1. The van der Waals surface area contributed by atoms with Gasteiger partial charge in [0.2, 0.25) is 0 Å². The summed E-state index contributed by atoms with van der Waals surface area (Å²) in [4.78, 5) is 24.9. The van der Waals surface area contributed by atoms with E-state index in [4.69, 9.17) is 9.84 Å². The van der Waals surface area contributed by atoms with Crippen LogP contribution in [0.3, 0.4) is 0 Å². The van der Waals surface area contributed by atoms with Crippen LogP contribution in [-0.2, 0) is 9.53 Å². The van der Waals surface area contributed by atoms with Crippen LogP contribution in [0.15, 0.2) is 12.3 Å². The van der Waals surface area contributed by atoms with Crippen molar-refractivity contribution in [3.05, 3.63) is 18.0 Å². The summed E-state index contributed by atoms with van der Waals surface area (Å²) in [6.45, 7) is 0.718. The van der Waals surface area contributed by atoms with Crippen LogP contribution in [0.5, 0.6) is 0 Å². The van der Waals surface area contributed by atoms with E-state index in [1.165, 1.54) is 17.7 Å². The summed E-state index contributed by atoms with van der Waals surface area (Å²) in [7, 11) is 0. The molecular formula is C14H19N3O4. The van der Waals surface area contributed by atoms with Gasteiger partial charge in [0, 0.05) is 12.7 Å². The molecule has 7 nitrogen and oxygen atoms in total. The van der Waals surface area contributed by atoms with E-state index in [2.05, 4.69) is 5.10 Å². The predicted molar refractivity (Wildman–Crippen MR) is 73.0 cm³/mol. The number of aliphatic carboxylic acids is 1. The van der Waals surface area contributed by atoms with Crippen molar-refractivity contribution in [2.45, 2.75) is 37.8 Å². The quantitative estimate of drug-likeness (QED) is 0.896. The molecule has 0 spiro atoms. The van der Waals surface area contributed by atoms with Crippen LogP contribution in [0, 0.1) is 0 Å². The molecule has 0 radical (unpaired) electrons. The van der Waals surface area contributed by atoms with Crippen LogP contribution in [0.25, 0.3) is 0 Å². The van der Waals surface area contributed by atoms with Gasteiger partial charge in [0.1, 0.15) is 5.69 Å². The van der Waals surface area contributed by atoms with Gasteiger partial charge in [-0.05, 0) is 18.9 Å². The van der Waals surface area contributed by atoms with Crippen molar-refractivity contribution in [3.63, 3.8) is 0 Å². The molecule has 0 unspecified atom stereocenters. The first-order valence-corrected chi connectivity index (χ1v) is 7.34. The van der Waals surface area contributed by atoms with Crippen LogP contribution in [0.1, 0.15) is 42.2 Å². The van der Waals surface area contributed by atoms with Crippen LogP contribution >= 0.6 is 0 Å². The number of hydrogen-bond donors (Lipinski definition) is 1. The Bertz CT molecular complexity index is 536. The first-order chi connectivity index (χ1) is 10.1. The monoisotopic (exact) mass is 293 g/mol. The normalized spacial score (nSPS) is 23.4. The molecule has 2 heterocycles. The van der Waals surface area contributed by atoms with Gasteiger partial charge in [0.05, 0.1) is 19.2 Å². The summed E-state index contributed by atoms with van der Waals surface area (Å²) in [6, 6.07) is 2.11. The summed E-state index contributed by atoms with van der Waals surface area (Å²) in [5.74, 6) is -1.26. The number of morpholine rings is 1. The number of ether oxygens (including phenoxy) is 1. The Kier molecular flexibility index (Phi) is 3.92. The highest BCUT2D eigenvalue weighted by Gasteiger charge is 2.30. The molecular weight excluding hydrogens is 274 g/mol. The smallest absolute Gasteiger partial charge is 0.334 e. The van der Waals surface area contributed by atoms with Gasteiger partial charge in [0.25, 0.3) is 5.91 Å². The van der Waals surface area contributed by atoms with Crippen molar-refractivity contribution in [1.29, 1.82) is 0 Å². The lowest BCUT2D eigenvalue weighted by Gasteiger charge is -2.30. The molecule has 1 aliphatic heterocycles. The second-order valence-corrected chi connectivity index (χ2v) is 5.57. The summed E-state index contributed by atoms with van der Waals surface area (Å²) < 4.78 is 6.99. The highest BCUT2D eigenvalue weighted by Crippen LogP contribution is 2.28. The minimum atomic E-state index is -1.04. The third-order valence-electron chi connectivity index (χ3n) is 4.16. The molecule has 21 heavy (non-hydrogen) atoms. The lowest BCUT2D eigenvalue weighted by atomic mass is 10.2. The third kappa shape index (κ3) is 2.92. The number of hydrogen-bond acceptors (Lipinski definition) is 4. The highest BCUT2D eigenvalue weighted by molar-refractivity contribution is 5.92. The van der Waals surface area contributed by atoms with E-state index in [1.807, 2.05) is 10.9 Å². The molecule has 0 aromatic carbocycles. The highest BCUT2D eigenvalue weighted by atomic mass is 16.5. The maximum atomic E-state index is 12.4. The average Bonchev–Trinajstić information content (AvgIpc) is 3.17. The fourth-order valence-corrected chi connectivity index (χ4v) is 2.97. The summed E-state index contributed by atoms with van der Waals surface area (Å²) in [5, 5.41) is 13.3. The Morgan fingerprint density at radius 3 is 2.81 bits per heavy atom. The van der Waals surface area contributed by atoms with Gasteiger partial charge in [-0.25, -0.2) is 4.79 Å². The molecule has 1 aromatic heterocycles. The lowest BCUT2D eigenvalue weighted by molar-refractivity contribution is -0.154. The Labute approximate surface area is 122 Å². The molecule has 2 aliphatic rings. The van der Waals surface area contributed by atoms with Gasteiger partial charge < -0.3 is 14.7 Å². The van der Waals surface area contributed by atoms with Gasteiger partial charge in [0.15, 0.2) is 6.10 Å². The van der Waals surface area contributed by atoms with Crippen molar-refractivity contribution in [1.82, 2.24) is 14.7 Å². The average molecular weight is 293 g/mol. The SMILES string of the molecule is O=C(O)[C@@H]1CN(C(=O)c2ccn(C3CCCC3)n2)CCO1. The number of nitrogens with zero attached hydrogens (tertiary/aromatic N) is 3. The van der Waals surface area contributed by atoms with E-state index in [1.54, 1.807) is 6.07 Å². The van der Waals surface area contributed by atoms with Crippen molar-refractivity contribution in [2.75, 3.05) is 19.7 Å². The minimum Gasteiger partial charge on any atom is -0.479 e. The molecule has 114 valence electrons. The number of carboxylic acids is 1. The van der Waals surface area contributed by atoms with Crippen LogP contribution in [0.4, 0.5) is 0 Å². The van der Waals surface area contributed by atoms with E-state index in [0.717, 1.165) is 12.8 Å². The molecule has 0 bridgehead atoms. The van der Waals surface area contributed by atoms with E-state index in [9.17, 15) is 9.59 Å². The Morgan fingerprint density at radius 2 is 2.10 bits per heavy atom. The first kappa shape index (κ1) is 14.1. The van der Waals surface area contributed by atoms with Gasteiger partial charge in [-0.15, -0.1) is 0 Å². The largest absolute Gasteiger partial charge is 0.479 e. The van der Waals surface area contributed by atoms with Crippen LogP contribution < -0.4 is 0 Å². The Hall–Kier alpha value is -1.89. The van der Waals surface area contributed by atoms with Gasteiger partial charge in [-0.3, -0.25) is 9.48 Å². The van der Waals surface area contributed by atoms with Crippen molar-refractivity contribution < 1.29 is 19.4 Å². The van der Waals surface area contributed by atoms with E-state index < -0.39 is 12.1 Å². The van der Waals surface area contributed by atoms with E-state index in [-0.39, 0.29) is 19.1 Å². The zero-order chi connectivity index (χ0) is 14.8. The van der Waals surface area contributed by atoms with E-state index >= 15 is 0 Å². The number of carbonyl (C=O) groups is 2. The van der Waals surface area contributed by atoms with Crippen LogP contribution in [0.2, 0.25) is 0 Å². The number of amides is 1. The summed E-state index contributed by atoms with van der Waals surface area (Å²) in [6.07, 6.45) is 5.52. The second-order valence-electron chi connectivity index (χ2n) is 5.57. The molecule has 1 aliphatic carbocycles. The molecule has 1 N–H and O–H groups in total. The van der Waals surface area contributed by atoms with Gasteiger partial charge >= 0.3 is 5.97 Å². The molecule has 1 atom stereocenters. The molecule has 2 fully saturated rings. The molecule has 7 heteroatoms. The first-order valence-electron chi connectivity index (χ1n) is 7.34. The fourth-order valence-electron chi connectivity index (χ4n) is 2.97. The van der Waals surface area contributed by atoms with Crippen molar-refractivity contribution in [2.24, 2.45) is 0 Å². The maximum absolute atomic E-state index is 12.4. The molecule has 3 rings (SSSR count). The molecule has 1 saturated carbocycles. The Balaban J connectivity index is 1.68. The molecule has 1 saturated heterocycles. The maximum Gasteiger partial charge on any atom is 0.334 e. The minimum absolute atomic E-state index is 0.0739. The summed E-state index contributed by atoms with van der Waals surface area (Å²) >= 11 is 0. The Morgan fingerprint density at radius 1 is 1.33 bits per heavy atom. The van der Waals surface area contributed by atoms with Gasteiger partial charge in [-0.2, -0.15) is 5.10 Å². The predicted octanol–water partition coefficient (Wildman–Crippen LogP) is 0.924. The van der Waals surface area contributed by atoms with E-state index in [0.29, 0.717) is 18.3 Å². The zero-order valence-electron chi connectivity index (χ0n) is 11.8. The lowest BCUT2D eigenvalue weighted by Crippen LogP contribution is -2.48. The number of aromatic nitrogens is 2. The van der Waals surface area contributed by atoms with Crippen molar-refractivity contribution in [3.8, 4) is 0 Å². The topological polar surface area (TPSA) is 84.7 Å². The van der Waals surface area contributed by atoms with Crippen molar-refractivity contribution >= 4 is 11.9 Å². The standard InChI is InChI=1S/C14H19N3O4/c18-13(16-7-8-21-12(9-16)14(19)20)11-5-6-17(15-11)10-3-1-2-4-10/h5-6,10,12H,1-4,7-9H2,(H,19,20)/t12-/m0/s1. The summed E-state index contributed by atoms with van der Waals surface area (Å²) in [5.41, 5.74) is 0.382. The van der Waals surface area contributed by atoms with Crippen LogP contribution in [-0.4, -0.2) is 57.5 Å². The number of rotatable bonds is 3. The van der Waals surface area contributed by atoms with Gasteiger partial charge in [-0.1, -0.05) is 12.8 Å². The fraction of sp³-hybridized carbons (Fsp3) is 0.643. The third-order valence-corrected chi connectivity index (χ3v) is 4.16. The number of carbonyl (C=O) groups excluding carboxylic acids is 1. The zero-order valence-corrected chi connectivity index (χ0v) is 11.8. The molecule has 1 amide bonds. The molecule has 1 aromatic rings.